The average Bonchev–Trinajstić information content (AvgIpc) is 2.93. The first-order valence-corrected chi connectivity index (χ1v) is 13.3. The van der Waals surface area contributed by atoms with Crippen LogP contribution >= 0.6 is 0 Å². The van der Waals surface area contributed by atoms with Crippen LogP contribution in [0.2, 0.25) is 0 Å². The topological polar surface area (TPSA) is 70.2 Å². The maximum absolute atomic E-state index is 13.1. The van der Waals surface area contributed by atoms with Crippen molar-refractivity contribution in [3.63, 3.8) is 0 Å². The van der Waals surface area contributed by atoms with Gasteiger partial charge in [-0.2, -0.15) is 0 Å². The number of amides is 1. The number of benzene rings is 3. The molecule has 6 heteroatoms. The maximum atomic E-state index is 13.1. The number of nitrogens with zero attached hydrogens (tertiary/aromatic N) is 3. The SMILES string of the molecule is CCc1nc(Nc2ccc(C(=O)NC(/C=C(\C)CN(C)Cc3ccccc3)=C(C)C)cc2)nc2ccccc12. The van der Waals surface area contributed by atoms with Gasteiger partial charge < -0.3 is 10.6 Å². The Kier molecular flexibility index (Phi) is 9.23. The summed E-state index contributed by atoms with van der Waals surface area (Å²) in [6.45, 7) is 9.87. The van der Waals surface area contributed by atoms with E-state index >= 15 is 0 Å². The van der Waals surface area contributed by atoms with E-state index in [1.807, 2.05) is 68.4 Å². The summed E-state index contributed by atoms with van der Waals surface area (Å²) in [5.41, 5.74) is 7.64. The summed E-state index contributed by atoms with van der Waals surface area (Å²) >= 11 is 0. The van der Waals surface area contributed by atoms with E-state index in [9.17, 15) is 4.79 Å². The Balaban J connectivity index is 1.40. The predicted molar refractivity (Wildman–Crippen MR) is 161 cm³/mol. The van der Waals surface area contributed by atoms with E-state index in [0.29, 0.717) is 11.5 Å². The van der Waals surface area contributed by atoms with E-state index in [1.54, 1.807) is 0 Å². The summed E-state index contributed by atoms with van der Waals surface area (Å²) in [6, 6.07) is 25.8. The Hall–Kier alpha value is -4.29. The number of carbonyl (C=O) groups excluding carboxylic acids is 1. The third-order valence-electron chi connectivity index (χ3n) is 6.41. The first-order chi connectivity index (χ1) is 18.8. The van der Waals surface area contributed by atoms with Gasteiger partial charge in [0.2, 0.25) is 5.95 Å². The van der Waals surface area contributed by atoms with Crippen LogP contribution in [0.15, 0.2) is 102 Å². The Morgan fingerprint density at radius 3 is 2.28 bits per heavy atom. The zero-order valence-corrected chi connectivity index (χ0v) is 23.5. The van der Waals surface area contributed by atoms with Gasteiger partial charge in [-0.15, -0.1) is 0 Å². The normalized spacial score (nSPS) is 11.5. The summed E-state index contributed by atoms with van der Waals surface area (Å²) in [4.78, 5) is 24.7. The Morgan fingerprint density at radius 2 is 1.59 bits per heavy atom. The molecular formula is C33H37N5O. The molecule has 0 bridgehead atoms. The second kappa shape index (κ2) is 13.0. The van der Waals surface area contributed by atoms with Crippen molar-refractivity contribution in [2.45, 2.75) is 40.7 Å². The molecule has 0 saturated carbocycles. The number of carbonyl (C=O) groups is 1. The fourth-order valence-corrected chi connectivity index (χ4v) is 4.47. The summed E-state index contributed by atoms with van der Waals surface area (Å²) < 4.78 is 0. The van der Waals surface area contributed by atoms with Crippen LogP contribution in [-0.4, -0.2) is 34.4 Å². The molecule has 1 aromatic heterocycles. The van der Waals surface area contributed by atoms with Gasteiger partial charge in [-0.05, 0) is 76.2 Å². The minimum atomic E-state index is -0.144. The smallest absolute Gasteiger partial charge is 0.255 e. The van der Waals surface area contributed by atoms with Crippen LogP contribution < -0.4 is 10.6 Å². The van der Waals surface area contributed by atoms with Gasteiger partial charge in [-0.3, -0.25) is 9.69 Å². The minimum absolute atomic E-state index is 0.144. The van der Waals surface area contributed by atoms with Crippen LogP contribution in [0.5, 0.6) is 0 Å². The van der Waals surface area contributed by atoms with Gasteiger partial charge in [0.15, 0.2) is 0 Å². The lowest BCUT2D eigenvalue weighted by molar-refractivity contribution is 0.0966. The van der Waals surface area contributed by atoms with Gasteiger partial charge in [0.1, 0.15) is 0 Å². The van der Waals surface area contributed by atoms with Gasteiger partial charge in [0.25, 0.3) is 5.91 Å². The molecular weight excluding hydrogens is 482 g/mol. The minimum Gasteiger partial charge on any atom is -0.324 e. The van der Waals surface area contributed by atoms with E-state index in [2.05, 4.69) is 76.7 Å². The van der Waals surface area contributed by atoms with Crippen LogP contribution in [0, 0.1) is 0 Å². The lowest BCUT2D eigenvalue weighted by Gasteiger charge is -2.18. The van der Waals surface area contributed by atoms with Crippen molar-refractivity contribution in [2.75, 3.05) is 18.9 Å². The summed E-state index contributed by atoms with van der Waals surface area (Å²) in [5, 5.41) is 7.44. The number of allylic oxidation sites excluding steroid dienone is 2. The molecule has 0 fully saturated rings. The van der Waals surface area contributed by atoms with Crippen molar-refractivity contribution in [2.24, 2.45) is 0 Å². The first-order valence-electron chi connectivity index (χ1n) is 13.3. The van der Waals surface area contributed by atoms with Gasteiger partial charge in [0.05, 0.1) is 11.2 Å². The van der Waals surface area contributed by atoms with E-state index in [0.717, 1.165) is 53.1 Å². The molecule has 4 aromatic rings. The van der Waals surface area contributed by atoms with Crippen LogP contribution in [0.3, 0.4) is 0 Å². The summed E-state index contributed by atoms with van der Waals surface area (Å²) in [7, 11) is 2.10. The highest BCUT2D eigenvalue weighted by Crippen LogP contribution is 2.21. The van der Waals surface area contributed by atoms with Crippen molar-refractivity contribution in [3.8, 4) is 0 Å². The molecule has 0 saturated heterocycles. The fourth-order valence-electron chi connectivity index (χ4n) is 4.47. The number of likely N-dealkylation sites (N-methyl/N-ethyl adjacent to an activating group) is 1. The lowest BCUT2D eigenvalue weighted by atomic mass is 10.1. The first kappa shape index (κ1) is 27.7. The molecule has 0 aliphatic rings. The van der Waals surface area contributed by atoms with Gasteiger partial charge in [0, 0.05) is 35.4 Å². The fraction of sp³-hybridized carbons (Fsp3) is 0.242. The Bertz CT molecular complexity index is 1490. The molecule has 3 aromatic carbocycles. The number of aromatic nitrogens is 2. The molecule has 0 aliphatic heterocycles. The van der Waals surface area contributed by atoms with Gasteiger partial charge in [-0.25, -0.2) is 9.97 Å². The second-order valence-corrected chi connectivity index (χ2v) is 10.1. The number of aryl methyl sites for hydroxylation is 1. The van der Waals surface area contributed by atoms with Crippen LogP contribution in [0.1, 0.15) is 49.3 Å². The number of nitrogens with one attached hydrogen (secondary N) is 2. The van der Waals surface area contributed by atoms with Crippen LogP contribution in [0.4, 0.5) is 11.6 Å². The van der Waals surface area contributed by atoms with Crippen LogP contribution in [0.25, 0.3) is 10.9 Å². The number of para-hydroxylation sites is 1. The lowest BCUT2D eigenvalue weighted by Crippen LogP contribution is -2.24. The molecule has 39 heavy (non-hydrogen) atoms. The molecule has 1 heterocycles. The number of fused-ring (bicyclic) bond motifs is 1. The highest BCUT2D eigenvalue weighted by molar-refractivity contribution is 5.96. The highest BCUT2D eigenvalue weighted by Gasteiger charge is 2.11. The zero-order chi connectivity index (χ0) is 27.8. The molecule has 0 spiro atoms. The van der Waals surface area contributed by atoms with Crippen molar-refractivity contribution >= 4 is 28.4 Å². The predicted octanol–water partition coefficient (Wildman–Crippen LogP) is 7.04. The largest absolute Gasteiger partial charge is 0.324 e. The Labute approximate surface area is 231 Å². The number of rotatable bonds is 10. The van der Waals surface area contributed by atoms with E-state index in [-0.39, 0.29) is 5.91 Å². The van der Waals surface area contributed by atoms with Crippen molar-refractivity contribution in [1.82, 2.24) is 20.2 Å². The standard InChI is InChI=1S/C33H37N5O/c1-6-29-28-14-10-11-15-30(28)37-33(36-29)34-27-18-16-26(17-19-27)32(39)35-31(23(2)3)20-24(4)21-38(5)22-25-12-8-7-9-13-25/h7-20H,6,21-22H2,1-5H3,(H,35,39)(H,34,36,37)/b24-20+. The van der Waals surface area contributed by atoms with Gasteiger partial charge >= 0.3 is 0 Å². The summed E-state index contributed by atoms with van der Waals surface area (Å²) in [5.74, 6) is 0.405. The van der Waals surface area contributed by atoms with Gasteiger partial charge in [-0.1, -0.05) is 66.6 Å². The molecule has 6 nitrogen and oxygen atoms in total. The Morgan fingerprint density at radius 1 is 0.897 bits per heavy atom. The number of hydrogen-bond donors (Lipinski definition) is 2. The van der Waals surface area contributed by atoms with Crippen molar-refractivity contribution < 1.29 is 4.79 Å². The van der Waals surface area contributed by atoms with E-state index < -0.39 is 0 Å². The zero-order valence-electron chi connectivity index (χ0n) is 23.5. The second-order valence-electron chi connectivity index (χ2n) is 10.1. The van der Waals surface area contributed by atoms with E-state index in [4.69, 9.17) is 0 Å². The molecule has 1 amide bonds. The number of anilines is 2. The number of hydrogen-bond acceptors (Lipinski definition) is 5. The van der Waals surface area contributed by atoms with E-state index in [1.165, 1.54) is 11.1 Å². The molecule has 2 N–H and O–H groups in total. The maximum Gasteiger partial charge on any atom is 0.255 e. The molecule has 4 rings (SSSR count). The molecule has 0 unspecified atom stereocenters. The highest BCUT2D eigenvalue weighted by atomic mass is 16.1. The summed E-state index contributed by atoms with van der Waals surface area (Å²) in [6.07, 6.45) is 2.88. The van der Waals surface area contributed by atoms with Crippen molar-refractivity contribution in [1.29, 1.82) is 0 Å². The molecule has 0 radical (unpaired) electrons. The molecule has 0 aliphatic carbocycles. The van der Waals surface area contributed by atoms with Crippen LogP contribution in [-0.2, 0) is 13.0 Å². The third kappa shape index (κ3) is 7.62. The third-order valence-corrected chi connectivity index (χ3v) is 6.41. The quantitative estimate of drug-likeness (QED) is 0.220. The monoisotopic (exact) mass is 519 g/mol. The average molecular weight is 520 g/mol. The molecule has 200 valence electrons. The molecule has 0 atom stereocenters. The van der Waals surface area contributed by atoms with Crippen molar-refractivity contribution in [3.05, 3.63) is 119 Å².